The van der Waals surface area contributed by atoms with Crippen LogP contribution in [0.4, 0.5) is 0 Å². The number of hydrogen-bond acceptors (Lipinski definition) is 5. The first-order valence-corrected chi connectivity index (χ1v) is 9.05. The van der Waals surface area contributed by atoms with Crippen molar-refractivity contribution in [1.29, 1.82) is 0 Å². The van der Waals surface area contributed by atoms with E-state index in [1.165, 1.54) is 11.6 Å². The molecule has 0 atom stereocenters. The van der Waals surface area contributed by atoms with Crippen molar-refractivity contribution < 1.29 is 0 Å². The molecule has 0 aliphatic carbocycles. The van der Waals surface area contributed by atoms with Crippen molar-refractivity contribution in [3.8, 4) is 0 Å². The van der Waals surface area contributed by atoms with Crippen molar-refractivity contribution in [2.75, 3.05) is 0 Å². The average Bonchev–Trinajstić information content (AvgIpc) is 3.09. The van der Waals surface area contributed by atoms with Gasteiger partial charge in [0.2, 0.25) is 0 Å². The number of hydrogen-bond donors (Lipinski definition) is 0. The number of imidazole rings is 1. The maximum absolute atomic E-state index is 12.3. The summed E-state index contributed by atoms with van der Waals surface area (Å²) >= 11 is 5.00. The van der Waals surface area contributed by atoms with Crippen LogP contribution >= 0.6 is 27.3 Å². The third-order valence-corrected chi connectivity index (χ3v) is 5.73. The van der Waals surface area contributed by atoms with Gasteiger partial charge in [0.1, 0.15) is 0 Å². The first kappa shape index (κ1) is 17.1. The van der Waals surface area contributed by atoms with Gasteiger partial charge in [-0.05, 0) is 15.9 Å². The lowest BCUT2D eigenvalue weighted by molar-refractivity contribution is 0.581. The van der Waals surface area contributed by atoms with Crippen LogP contribution in [-0.4, -0.2) is 23.7 Å². The summed E-state index contributed by atoms with van der Waals surface area (Å²) in [5.41, 5.74) is 0.826. The van der Waals surface area contributed by atoms with Crippen LogP contribution in [0, 0.1) is 0 Å². The van der Waals surface area contributed by atoms with E-state index >= 15 is 0 Å². The predicted molar refractivity (Wildman–Crippen MR) is 97.8 cm³/mol. The van der Waals surface area contributed by atoms with Gasteiger partial charge < -0.3 is 0 Å². The van der Waals surface area contributed by atoms with E-state index in [9.17, 15) is 9.59 Å². The summed E-state index contributed by atoms with van der Waals surface area (Å²) in [6.45, 7) is 6.78. The molecule has 0 aromatic carbocycles. The Labute approximate surface area is 150 Å². The van der Waals surface area contributed by atoms with E-state index in [1.807, 2.05) is 5.38 Å². The van der Waals surface area contributed by atoms with E-state index in [0.717, 1.165) is 15.3 Å². The molecule has 0 aliphatic heterocycles. The topological polar surface area (TPSA) is 74.7 Å². The van der Waals surface area contributed by atoms with Gasteiger partial charge in [0.25, 0.3) is 5.56 Å². The highest BCUT2D eigenvalue weighted by Crippen LogP contribution is 2.26. The summed E-state index contributed by atoms with van der Waals surface area (Å²) in [6.07, 6.45) is 0. The summed E-state index contributed by atoms with van der Waals surface area (Å²) < 4.78 is 4.79. The summed E-state index contributed by atoms with van der Waals surface area (Å²) in [5, 5.41) is 3.04. The molecule has 3 aromatic rings. The second-order valence-corrected chi connectivity index (χ2v) is 8.31. The fraction of sp³-hybridized carbons (Fsp3) is 0.467. The first-order valence-electron chi connectivity index (χ1n) is 7.38. The Hall–Kier alpha value is -1.74. The van der Waals surface area contributed by atoms with Gasteiger partial charge in [-0.1, -0.05) is 20.8 Å². The monoisotopic (exact) mass is 411 g/mol. The summed E-state index contributed by atoms with van der Waals surface area (Å²) in [6, 6.07) is 0. The number of aryl methyl sites for hydroxylation is 1. The van der Waals surface area contributed by atoms with Crippen molar-refractivity contribution in [3.63, 3.8) is 0 Å². The third-order valence-electron chi connectivity index (χ3n) is 3.81. The minimum Gasteiger partial charge on any atom is -0.298 e. The molecule has 0 bridgehead atoms. The Kier molecular flexibility index (Phi) is 4.03. The van der Waals surface area contributed by atoms with Crippen LogP contribution in [0.3, 0.4) is 0 Å². The maximum atomic E-state index is 12.3. The van der Waals surface area contributed by atoms with Gasteiger partial charge in [-0.3, -0.25) is 18.5 Å². The molecule has 3 heterocycles. The molecule has 3 aromatic heterocycles. The van der Waals surface area contributed by atoms with Gasteiger partial charge in [-0.25, -0.2) is 14.8 Å². The number of aromatic nitrogens is 5. The number of rotatable bonds is 2. The zero-order valence-electron chi connectivity index (χ0n) is 14.1. The average molecular weight is 412 g/mol. The lowest BCUT2D eigenvalue weighted by Gasteiger charge is -2.13. The van der Waals surface area contributed by atoms with Gasteiger partial charge in [-0.2, -0.15) is 0 Å². The zero-order chi connectivity index (χ0) is 17.8. The predicted octanol–water partition coefficient (Wildman–Crippen LogP) is 2.00. The van der Waals surface area contributed by atoms with E-state index in [0.29, 0.717) is 16.9 Å². The van der Waals surface area contributed by atoms with Gasteiger partial charge in [0, 0.05) is 24.9 Å². The summed E-state index contributed by atoms with van der Waals surface area (Å²) in [4.78, 5) is 33.5. The Bertz CT molecular complexity index is 1050. The molecule has 0 N–H and O–H groups in total. The standard InChI is InChI=1S/C15H18BrN5O2S/c1-15(2,3)12-17-8(7-24-12)6-21-10-9(18-13(21)16)11(22)20(5)14(23)19(10)4/h7H,6H2,1-5H3. The second-order valence-electron chi connectivity index (χ2n) is 6.74. The molecule has 0 spiro atoms. The Morgan fingerprint density at radius 1 is 1.17 bits per heavy atom. The van der Waals surface area contributed by atoms with Gasteiger partial charge in [-0.15, -0.1) is 11.3 Å². The lowest BCUT2D eigenvalue weighted by atomic mass is 9.98. The molecule has 9 heteroatoms. The molecular formula is C15H18BrN5O2S. The molecule has 0 aliphatic rings. The fourth-order valence-corrected chi connectivity index (χ4v) is 3.86. The third kappa shape index (κ3) is 2.65. The smallest absolute Gasteiger partial charge is 0.298 e. The second kappa shape index (κ2) is 5.66. The normalized spacial score (nSPS) is 12.2. The molecule has 0 amide bonds. The molecule has 7 nitrogen and oxygen atoms in total. The summed E-state index contributed by atoms with van der Waals surface area (Å²) in [7, 11) is 3.09. The van der Waals surface area contributed by atoms with Crippen molar-refractivity contribution in [3.05, 3.63) is 41.7 Å². The molecule has 0 fully saturated rings. The van der Waals surface area contributed by atoms with Gasteiger partial charge >= 0.3 is 5.69 Å². The van der Waals surface area contributed by atoms with Crippen LogP contribution in [0.2, 0.25) is 0 Å². The highest BCUT2D eigenvalue weighted by atomic mass is 79.9. The van der Waals surface area contributed by atoms with Crippen molar-refractivity contribution in [1.82, 2.24) is 23.7 Å². The van der Waals surface area contributed by atoms with Crippen molar-refractivity contribution in [2.24, 2.45) is 14.1 Å². The van der Waals surface area contributed by atoms with Crippen LogP contribution in [-0.2, 0) is 26.1 Å². The van der Waals surface area contributed by atoms with E-state index in [4.69, 9.17) is 0 Å². The molecule has 0 saturated heterocycles. The van der Waals surface area contributed by atoms with Crippen LogP contribution in [0.15, 0.2) is 19.7 Å². The fourth-order valence-electron chi connectivity index (χ4n) is 2.49. The van der Waals surface area contributed by atoms with Gasteiger partial charge in [0.05, 0.1) is 17.2 Å². The molecule has 128 valence electrons. The van der Waals surface area contributed by atoms with Crippen LogP contribution in [0.5, 0.6) is 0 Å². The van der Waals surface area contributed by atoms with Crippen LogP contribution in [0.25, 0.3) is 11.2 Å². The summed E-state index contributed by atoms with van der Waals surface area (Å²) in [5.74, 6) is 0. The molecule has 0 unspecified atom stereocenters. The molecule has 24 heavy (non-hydrogen) atoms. The van der Waals surface area contributed by atoms with Crippen molar-refractivity contribution >= 4 is 38.4 Å². The Balaban J connectivity index is 2.17. The highest BCUT2D eigenvalue weighted by Gasteiger charge is 2.21. The first-order chi connectivity index (χ1) is 11.1. The number of fused-ring (bicyclic) bond motifs is 1. The Morgan fingerprint density at radius 3 is 2.42 bits per heavy atom. The maximum Gasteiger partial charge on any atom is 0.332 e. The van der Waals surface area contributed by atoms with E-state index in [-0.39, 0.29) is 16.6 Å². The van der Waals surface area contributed by atoms with E-state index in [2.05, 4.69) is 46.7 Å². The van der Waals surface area contributed by atoms with E-state index in [1.54, 1.807) is 23.0 Å². The van der Waals surface area contributed by atoms with Crippen LogP contribution in [0.1, 0.15) is 31.5 Å². The molecule has 0 radical (unpaired) electrons. The number of halogens is 1. The highest BCUT2D eigenvalue weighted by molar-refractivity contribution is 9.10. The SMILES string of the molecule is Cn1c(=O)c2nc(Br)n(Cc3csc(C(C)(C)C)n3)c2n(C)c1=O. The Morgan fingerprint density at radius 2 is 1.83 bits per heavy atom. The molecular weight excluding hydrogens is 394 g/mol. The van der Waals surface area contributed by atoms with E-state index < -0.39 is 5.56 Å². The molecule has 0 saturated carbocycles. The lowest BCUT2D eigenvalue weighted by Crippen LogP contribution is -2.37. The van der Waals surface area contributed by atoms with Crippen molar-refractivity contribution in [2.45, 2.75) is 32.7 Å². The number of thiazole rings is 1. The molecule has 3 rings (SSSR count). The minimum absolute atomic E-state index is 0.0139. The quantitative estimate of drug-likeness (QED) is 0.604. The van der Waals surface area contributed by atoms with Crippen LogP contribution < -0.4 is 11.2 Å². The minimum atomic E-state index is -0.402. The largest absolute Gasteiger partial charge is 0.332 e. The number of nitrogens with zero attached hydrogens (tertiary/aromatic N) is 5. The van der Waals surface area contributed by atoms with Gasteiger partial charge in [0.15, 0.2) is 15.9 Å². The zero-order valence-corrected chi connectivity index (χ0v) is 16.5.